The van der Waals surface area contributed by atoms with Crippen LogP contribution < -0.4 is 0 Å². The van der Waals surface area contributed by atoms with E-state index in [1.807, 2.05) is 0 Å². The number of halogens is 2. The monoisotopic (exact) mass is 285 g/mol. The first-order chi connectivity index (χ1) is 7.70. The maximum absolute atomic E-state index is 13.0. The van der Waals surface area contributed by atoms with Gasteiger partial charge >= 0.3 is 0 Å². The summed E-state index contributed by atoms with van der Waals surface area (Å²) in [6, 6.07) is 4.44. The number of rotatable bonds is 3. The van der Waals surface area contributed by atoms with Gasteiger partial charge in [0.2, 0.25) is 0 Å². The van der Waals surface area contributed by atoms with Crippen LogP contribution in [0.15, 0.2) is 29.0 Å². The molecule has 6 heteroatoms. The molecule has 0 saturated heterocycles. The fourth-order valence-corrected chi connectivity index (χ4v) is 1.74. The quantitative estimate of drug-likeness (QED) is 0.934. The van der Waals surface area contributed by atoms with E-state index in [2.05, 4.69) is 26.0 Å². The molecule has 0 amide bonds. The highest BCUT2D eigenvalue weighted by Crippen LogP contribution is 2.18. The molecule has 4 nitrogen and oxygen atoms in total. The van der Waals surface area contributed by atoms with Gasteiger partial charge in [-0.3, -0.25) is 0 Å². The molecule has 0 aliphatic rings. The van der Waals surface area contributed by atoms with Gasteiger partial charge in [0.1, 0.15) is 18.8 Å². The molecule has 0 fully saturated rings. The molecule has 2 rings (SSSR count). The van der Waals surface area contributed by atoms with E-state index in [4.69, 9.17) is 5.11 Å². The number of aliphatic hydroxyl groups excluding tert-OH is 1. The second-order valence-electron chi connectivity index (χ2n) is 3.23. The molecule has 0 aliphatic carbocycles. The van der Waals surface area contributed by atoms with E-state index in [1.165, 1.54) is 23.1 Å². The maximum Gasteiger partial charge on any atom is 0.152 e. The van der Waals surface area contributed by atoms with Crippen molar-refractivity contribution in [2.45, 2.75) is 13.2 Å². The summed E-state index contributed by atoms with van der Waals surface area (Å²) in [6.45, 7) is 0.182. The molecule has 0 bridgehead atoms. The molecule has 1 aromatic carbocycles. The van der Waals surface area contributed by atoms with Crippen molar-refractivity contribution in [3.05, 3.63) is 46.2 Å². The Hall–Kier alpha value is -1.27. The lowest BCUT2D eigenvalue weighted by Crippen LogP contribution is -2.07. The zero-order chi connectivity index (χ0) is 11.5. The molecule has 2 aromatic rings. The van der Waals surface area contributed by atoms with Gasteiger partial charge in [-0.25, -0.2) is 14.1 Å². The fourth-order valence-electron chi connectivity index (χ4n) is 1.37. The third kappa shape index (κ3) is 2.28. The van der Waals surface area contributed by atoms with Gasteiger partial charge in [0.05, 0.1) is 6.54 Å². The Balaban J connectivity index is 2.30. The summed E-state index contributed by atoms with van der Waals surface area (Å²) in [7, 11) is 0. The van der Waals surface area contributed by atoms with Gasteiger partial charge in [-0.05, 0) is 23.8 Å². The molecule has 0 radical (unpaired) electrons. The Morgan fingerprint density at radius 1 is 1.44 bits per heavy atom. The Morgan fingerprint density at radius 3 is 3.00 bits per heavy atom. The van der Waals surface area contributed by atoms with Crippen molar-refractivity contribution < 1.29 is 9.50 Å². The Bertz CT molecular complexity index is 501. The van der Waals surface area contributed by atoms with Crippen molar-refractivity contribution in [3.8, 4) is 0 Å². The number of nitrogens with zero attached hydrogens (tertiary/aromatic N) is 3. The van der Waals surface area contributed by atoms with E-state index in [-0.39, 0.29) is 12.4 Å². The number of benzene rings is 1. The molecule has 16 heavy (non-hydrogen) atoms. The topological polar surface area (TPSA) is 50.9 Å². The lowest BCUT2D eigenvalue weighted by atomic mass is 10.2. The summed E-state index contributed by atoms with van der Waals surface area (Å²) in [5.74, 6) is 0.153. The first-order valence-corrected chi connectivity index (χ1v) is 5.41. The first-order valence-electron chi connectivity index (χ1n) is 4.62. The molecule has 0 unspecified atom stereocenters. The second kappa shape index (κ2) is 4.71. The second-order valence-corrected chi connectivity index (χ2v) is 4.08. The van der Waals surface area contributed by atoms with Gasteiger partial charge in [0, 0.05) is 4.47 Å². The number of hydrogen-bond donors (Lipinski definition) is 1. The van der Waals surface area contributed by atoms with E-state index < -0.39 is 0 Å². The lowest BCUT2D eigenvalue weighted by molar-refractivity contribution is 0.264. The summed E-state index contributed by atoms with van der Waals surface area (Å²) < 4.78 is 15.4. The summed E-state index contributed by atoms with van der Waals surface area (Å²) in [6.07, 6.45) is 1.36. The van der Waals surface area contributed by atoms with Crippen molar-refractivity contribution in [1.82, 2.24) is 14.8 Å². The van der Waals surface area contributed by atoms with Crippen LogP contribution in [0.1, 0.15) is 11.4 Å². The van der Waals surface area contributed by atoms with Crippen LogP contribution in [0.2, 0.25) is 0 Å². The van der Waals surface area contributed by atoms with Crippen LogP contribution in [0.4, 0.5) is 4.39 Å². The van der Waals surface area contributed by atoms with Crippen LogP contribution in [0.3, 0.4) is 0 Å². The van der Waals surface area contributed by atoms with E-state index in [1.54, 1.807) is 6.07 Å². The fraction of sp³-hybridized carbons (Fsp3) is 0.200. The van der Waals surface area contributed by atoms with Crippen LogP contribution in [-0.4, -0.2) is 19.9 Å². The zero-order valence-electron chi connectivity index (χ0n) is 8.27. The third-order valence-electron chi connectivity index (χ3n) is 2.17. The summed E-state index contributed by atoms with van der Waals surface area (Å²) in [5.41, 5.74) is 0.750. The predicted octanol–water partition coefficient (Wildman–Crippen LogP) is 1.72. The smallest absolute Gasteiger partial charge is 0.152 e. The minimum Gasteiger partial charge on any atom is -0.388 e. The summed E-state index contributed by atoms with van der Waals surface area (Å²) in [4.78, 5) is 3.88. The Morgan fingerprint density at radius 2 is 2.25 bits per heavy atom. The number of hydrogen-bond acceptors (Lipinski definition) is 3. The number of aliphatic hydroxyl groups is 1. The largest absolute Gasteiger partial charge is 0.388 e. The highest BCUT2D eigenvalue weighted by Gasteiger charge is 2.07. The van der Waals surface area contributed by atoms with Crippen LogP contribution >= 0.6 is 15.9 Å². The number of aromatic nitrogens is 3. The van der Waals surface area contributed by atoms with Crippen molar-refractivity contribution in [2.24, 2.45) is 0 Å². The van der Waals surface area contributed by atoms with E-state index >= 15 is 0 Å². The summed E-state index contributed by atoms with van der Waals surface area (Å²) >= 11 is 3.33. The molecule has 1 N–H and O–H groups in total. The zero-order valence-corrected chi connectivity index (χ0v) is 9.85. The van der Waals surface area contributed by atoms with Gasteiger partial charge < -0.3 is 5.11 Å². The maximum atomic E-state index is 13.0. The SMILES string of the molecule is OCc1ncnn1Cc1cc(F)ccc1Br. The van der Waals surface area contributed by atoms with Gasteiger partial charge in [-0.15, -0.1) is 0 Å². The van der Waals surface area contributed by atoms with E-state index in [0.717, 1.165) is 10.0 Å². The molecule has 1 heterocycles. The minimum absolute atomic E-state index is 0.188. The highest BCUT2D eigenvalue weighted by atomic mass is 79.9. The van der Waals surface area contributed by atoms with Gasteiger partial charge in [-0.1, -0.05) is 15.9 Å². The normalized spacial score (nSPS) is 10.7. The Kier molecular flexibility index (Phi) is 3.31. The van der Waals surface area contributed by atoms with Gasteiger partial charge in [0.25, 0.3) is 0 Å². The molecule has 0 spiro atoms. The summed E-state index contributed by atoms with van der Waals surface area (Å²) in [5, 5.41) is 13.0. The van der Waals surface area contributed by atoms with Gasteiger partial charge in [0.15, 0.2) is 5.82 Å². The highest BCUT2D eigenvalue weighted by molar-refractivity contribution is 9.10. The minimum atomic E-state index is -0.302. The molecule has 0 saturated carbocycles. The van der Waals surface area contributed by atoms with Crippen molar-refractivity contribution in [3.63, 3.8) is 0 Å². The molecule has 84 valence electrons. The van der Waals surface area contributed by atoms with Crippen molar-refractivity contribution >= 4 is 15.9 Å². The van der Waals surface area contributed by atoms with Gasteiger partial charge in [-0.2, -0.15) is 5.10 Å². The third-order valence-corrected chi connectivity index (χ3v) is 2.94. The molecule has 1 aromatic heterocycles. The van der Waals surface area contributed by atoms with E-state index in [9.17, 15) is 4.39 Å². The van der Waals surface area contributed by atoms with Crippen LogP contribution in [0.5, 0.6) is 0 Å². The first kappa shape index (κ1) is 11.2. The van der Waals surface area contributed by atoms with E-state index in [0.29, 0.717) is 12.4 Å². The lowest BCUT2D eigenvalue weighted by Gasteiger charge is -2.06. The average molecular weight is 286 g/mol. The van der Waals surface area contributed by atoms with Crippen LogP contribution in [0.25, 0.3) is 0 Å². The Labute approximate surface area is 99.9 Å². The van der Waals surface area contributed by atoms with Crippen LogP contribution in [-0.2, 0) is 13.2 Å². The van der Waals surface area contributed by atoms with Crippen molar-refractivity contribution in [2.75, 3.05) is 0 Å². The molecular weight excluding hydrogens is 277 g/mol. The van der Waals surface area contributed by atoms with Crippen molar-refractivity contribution in [1.29, 1.82) is 0 Å². The average Bonchev–Trinajstić information content (AvgIpc) is 2.71. The molecule has 0 atom stereocenters. The molecule has 0 aliphatic heterocycles. The standard InChI is InChI=1S/C10H9BrFN3O/c11-9-2-1-8(12)3-7(9)4-15-10(5-16)13-6-14-15/h1-3,6,16H,4-5H2. The van der Waals surface area contributed by atoms with Crippen LogP contribution in [0, 0.1) is 5.82 Å². The predicted molar refractivity (Wildman–Crippen MR) is 59.1 cm³/mol. The molecular formula is C10H9BrFN3O.